The number of piperidine rings is 1. The zero-order chi connectivity index (χ0) is 11.5. The average Bonchev–Trinajstić information content (AvgIpc) is 2.29. The van der Waals surface area contributed by atoms with Crippen LogP contribution in [0.25, 0.3) is 0 Å². The summed E-state index contributed by atoms with van der Waals surface area (Å²) in [5.74, 6) is 0.793. The number of carbonyl (C=O) groups is 1. The number of carbonyl (C=O) groups excluding carboxylic acids is 1. The van der Waals surface area contributed by atoms with Gasteiger partial charge in [-0.1, -0.05) is 12.1 Å². The largest absolute Gasteiger partial charge is 0.508 e. The fourth-order valence-electron chi connectivity index (χ4n) is 2.45. The van der Waals surface area contributed by atoms with E-state index in [-0.39, 0.29) is 23.4 Å². The molecule has 1 aromatic carbocycles. The van der Waals surface area contributed by atoms with Crippen LogP contribution in [0.3, 0.4) is 0 Å². The van der Waals surface area contributed by atoms with Gasteiger partial charge in [0.25, 0.3) is 0 Å². The summed E-state index contributed by atoms with van der Waals surface area (Å²) in [7, 11) is 0. The topological polar surface area (TPSA) is 49.3 Å². The van der Waals surface area contributed by atoms with Crippen molar-refractivity contribution >= 4 is 5.78 Å². The molecular weight excluding hydrogens is 202 g/mol. The Morgan fingerprint density at radius 1 is 1.50 bits per heavy atom. The Morgan fingerprint density at radius 3 is 3.00 bits per heavy atom. The molecule has 86 valence electrons. The number of aromatic hydroxyl groups is 1. The molecule has 3 nitrogen and oxygen atoms in total. The maximum Gasteiger partial charge on any atom is 0.133 e. The molecule has 0 aliphatic carbocycles. The molecule has 16 heavy (non-hydrogen) atoms. The predicted molar refractivity (Wildman–Crippen MR) is 62.5 cm³/mol. The van der Waals surface area contributed by atoms with Crippen molar-refractivity contribution in [2.75, 3.05) is 13.1 Å². The van der Waals surface area contributed by atoms with E-state index in [2.05, 4.69) is 5.32 Å². The number of rotatable bonds is 2. The van der Waals surface area contributed by atoms with Gasteiger partial charge in [-0.25, -0.2) is 0 Å². The number of phenols is 1. The number of hydrogen-bond acceptors (Lipinski definition) is 3. The molecule has 0 radical (unpaired) electrons. The van der Waals surface area contributed by atoms with Crippen LogP contribution in [0.2, 0.25) is 0 Å². The van der Waals surface area contributed by atoms with Crippen LogP contribution < -0.4 is 5.32 Å². The summed E-state index contributed by atoms with van der Waals surface area (Å²) >= 11 is 0. The van der Waals surface area contributed by atoms with Crippen LogP contribution in [0, 0.1) is 5.92 Å². The molecule has 1 saturated heterocycles. The number of ketones is 1. The summed E-state index contributed by atoms with van der Waals surface area (Å²) in [4.78, 5) is 11.6. The molecule has 2 atom stereocenters. The van der Waals surface area contributed by atoms with Gasteiger partial charge in [0.1, 0.15) is 11.5 Å². The Kier molecular flexibility index (Phi) is 3.25. The highest BCUT2D eigenvalue weighted by Crippen LogP contribution is 2.31. The number of benzene rings is 1. The van der Waals surface area contributed by atoms with E-state index < -0.39 is 0 Å². The van der Waals surface area contributed by atoms with Crippen LogP contribution in [-0.4, -0.2) is 24.0 Å². The molecule has 1 aromatic rings. The summed E-state index contributed by atoms with van der Waals surface area (Å²) < 4.78 is 0. The lowest BCUT2D eigenvalue weighted by molar-refractivity contribution is -0.122. The van der Waals surface area contributed by atoms with Crippen LogP contribution in [-0.2, 0) is 4.79 Å². The third kappa shape index (κ3) is 2.25. The second-order valence-corrected chi connectivity index (χ2v) is 4.41. The van der Waals surface area contributed by atoms with E-state index >= 15 is 0 Å². The fourth-order valence-corrected chi connectivity index (χ4v) is 2.45. The third-order valence-corrected chi connectivity index (χ3v) is 3.30. The lowest BCUT2D eigenvalue weighted by atomic mass is 9.79. The van der Waals surface area contributed by atoms with Crippen LogP contribution in [0.1, 0.15) is 24.8 Å². The maximum absolute atomic E-state index is 11.6. The lowest BCUT2D eigenvalue weighted by Gasteiger charge is -2.30. The second-order valence-electron chi connectivity index (χ2n) is 4.41. The minimum absolute atomic E-state index is 0.0862. The van der Waals surface area contributed by atoms with Crippen LogP contribution in [0.15, 0.2) is 24.3 Å². The Hall–Kier alpha value is -1.35. The van der Waals surface area contributed by atoms with Gasteiger partial charge in [-0.3, -0.25) is 4.79 Å². The van der Waals surface area contributed by atoms with Gasteiger partial charge in [0.05, 0.1) is 0 Å². The standard InChI is InChI=1S/C13H17NO2/c1-9(15)12-5-6-14-8-13(12)10-3-2-4-11(16)7-10/h2-4,7,12-14,16H,5-6,8H2,1H3/t12-,13+/m1/s1. The van der Waals surface area contributed by atoms with Crippen molar-refractivity contribution in [3.05, 3.63) is 29.8 Å². The van der Waals surface area contributed by atoms with Crippen molar-refractivity contribution in [2.45, 2.75) is 19.3 Å². The number of nitrogens with one attached hydrogen (secondary N) is 1. The molecule has 0 saturated carbocycles. The van der Waals surface area contributed by atoms with Gasteiger partial charge in [-0.05, 0) is 37.6 Å². The smallest absolute Gasteiger partial charge is 0.133 e. The highest BCUT2D eigenvalue weighted by molar-refractivity contribution is 5.79. The Morgan fingerprint density at radius 2 is 2.31 bits per heavy atom. The molecule has 1 fully saturated rings. The van der Waals surface area contributed by atoms with E-state index in [1.165, 1.54) is 0 Å². The molecule has 0 aromatic heterocycles. The molecule has 0 spiro atoms. The summed E-state index contributed by atoms with van der Waals surface area (Å²) in [6.07, 6.45) is 0.885. The van der Waals surface area contributed by atoms with Crippen LogP contribution in [0.4, 0.5) is 0 Å². The van der Waals surface area contributed by atoms with E-state index in [9.17, 15) is 9.90 Å². The first-order chi connectivity index (χ1) is 7.68. The SMILES string of the molecule is CC(=O)[C@H]1CCNC[C@H]1c1cccc(O)c1. The monoisotopic (exact) mass is 219 g/mol. The van der Waals surface area contributed by atoms with Crippen molar-refractivity contribution in [3.8, 4) is 5.75 Å². The molecule has 1 aliphatic heterocycles. The molecular formula is C13H17NO2. The maximum atomic E-state index is 11.6. The molecule has 1 aliphatic rings. The minimum Gasteiger partial charge on any atom is -0.508 e. The Labute approximate surface area is 95.5 Å². The van der Waals surface area contributed by atoms with Crippen LogP contribution in [0.5, 0.6) is 5.75 Å². The van der Waals surface area contributed by atoms with E-state index in [1.54, 1.807) is 19.1 Å². The van der Waals surface area contributed by atoms with E-state index in [4.69, 9.17) is 0 Å². The zero-order valence-corrected chi connectivity index (χ0v) is 9.44. The van der Waals surface area contributed by atoms with E-state index in [0.29, 0.717) is 0 Å². The quantitative estimate of drug-likeness (QED) is 0.795. The first-order valence-corrected chi connectivity index (χ1v) is 5.68. The van der Waals surface area contributed by atoms with Crippen molar-refractivity contribution in [2.24, 2.45) is 5.92 Å². The summed E-state index contributed by atoms with van der Waals surface area (Å²) in [5, 5.41) is 12.8. The number of hydrogen-bond donors (Lipinski definition) is 2. The molecule has 0 unspecified atom stereocenters. The van der Waals surface area contributed by atoms with Gasteiger partial charge in [-0.15, -0.1) is 0 Å². The molecule has 0 amide bonds. The summed E-state index contributed by atoms with van der Waals surface area (Å²) in [5.41, 5.74) is 1.05. The van der Waals surface area contributed by atoms with E-state index in [1.807, 2.05) is 12.1 Å². The highest BCUT2D eigenvalue weighted by atomic mass is 16.3. The van der Waals surface area contributed by atoms with Gasteiger partial charge >= 0.3 is 0 Å². The first kappa shape index (κ1) is 11.1. The van der Waals surface area contributed by atoms with Gasteiger partial charge < -0.3 is 10.4 Å². The van der Waals surface area contributed by atoms with Gasteiger partial charge in [0, 0.05) is 18.4 Å². The summed E-state index contributed by atoms with van der Waals surface area (Å²) in [6, 6.07) is 7.22. The lowest BCUT2D eigenvalue weighted by Crippen LogP contribution is -2.38. The number of phenolic OH excluding ortho intramolecular Hbond substituents is 1. The predicted octanol–water partition coefficient (Wildman–Crippen LogP) is 1.67. The van der Waals surface area contributed by atoms with Crippen molar-refractivity contribution < 1.29 is 9.90 Å². The van der Waals surface area contributed by atoms with Crippen molar-refractivity contribution in [1.29, 1.82) is 0 Å². The van der Waals surface area contributed by atoms with E-state index in [0.717, 1.165) is 25.1 Å². The normalized spacial score (nSPS) is 25.3. The fraction of sp³-hybridized carbons (Fsp3) is 0.462. The van der Waals surface area contributed by atoms with Gasteiger partial charge in [0.2, 0.25) is 0 Å². The zero-order valence-electron chi connectivity index (χ0n) is 9.44. The molecule has 1 heterocycles. The summed E-state index contributed by atoms with van der Waals surface area (Å²) in [6.45, 7) is 3.37. The molecule has 3 heteroatoms. The Bertz CT molecular complexity index is 389. The number of Topliss-reactive ketones (excluding diaryl/α,β-unsaturated/α-hetero) is 1. The average molecular weight is 219 g/mol. The second kappa shape index (κ2) is 4.66. The molecule has 2 N–H and O–H groups in total. The minimum atomic E-state index is 0.0862. The van der Waals surface area contributed by atoms with Gasteiger partial charge in [0.15, 0.2) is 0 Å². The Balaban J connectivity index is 2.26. The highest BCUT2D eigenvalue weighted by Gasteiger charge is 2.29. The molecule has 2 rings (SSSR count). The van der Waals surface area contributed by atoms with Crippen molar-refractivity contribution in [3.63, 3.8) is 0 Å². The van der Waals surface area contributed by atoms with Gasteiger partial charge in [-0.2, -0.15) is 0 Å². The third-order valence-electron chi connectivity index (χ3n) is 3.30. The first-order valence-electron chi connectivity index (χ1n) is 5.68. The molecule has 0 bridgehead atoms. The van der Waals surface area contributed by atoms with Crippen LogP contribution >= 0.6 is 0 Å². The van der Waals surface area contributed by atoms with Crippen molar-refractivity contribution in [1.82, 2.24) is 5.32 Å².